The molecule has 0 atom stereocenters. The summed E-state index contributed by atoms with van der Waals surface area (Å²) in [5.74, 6) is 3.11. The Bertz CT molecular complexity index is 473. The van der Waals surface area contributed by atoms with Crippen molar-refractivity contribution in [3.63, 3.8) is 0 Å². The van der Waals surface area contributed by atoms with Crippen LogP contribution in [-0.4, -0.2) is 33.1 Å². The molecule has 1 aromatic rings. The summed E-state index contributed by atoms with van der Waals surface area (Å²) in [5.41, 5.74) is 0. The number of aromatic nitrogens is 3. The highest BCUT2D eigenvalue weighted by Gasteiger charge is 2.36. The molecule has 3 saturated carbocycles. The molecule has 4 rings (SSSR count). The first-order valence-corrected chi connectivity index (χ1v) is 9.71. The quantitative estimate of drug-likeness (QED) is 0.618. The Morgan fingerprint density at radius 3 is 2.52 bits per heavy atom. The Kier molecular flexibility index (Phi) is 4.21. The van der Waals surface area contributed by atoms with Crippen LogP contribution in [0.2, 0.25) is 0 Å². The van der Waals surface area contributed by atoms with Gasteiger partial charge in [-0.05, 0) is 38.5 Å². The molecule has 0 bridgehead atoms. The average molecular weight is 306 g/mol. The summed E-state index contributed by atoms with van der Waals surface area (Å²) in [5, 5.41) is 13.8. The molecular weight excluding hydrogens is 280 g/mol. The Morgan fingerprint density at radius 1 is 1.00 bits per heavy atom. The molecule has 1 heterocycles. The van der Waals surface area contributed by atoms with E-state index in [0.29, 0.717) is 12.0 Å². The molecule has 0 saturated heterocycles. The summed E-state index contributed by atoms with van der Waals surface area (Å²) in [7, 11) is 0. The Morgan fingerprint density at radius 2 is 1.81 bits per heavy atom. The summed E-state index contributed by atoms with van der Waals surface area (Å²) >= 11 is 1.90. The van der Waals surface area contributed by atoms with Crippen LogP contribution in [0.3, 0.4) is 0 Å². The van der Waals surface area contributed by atoms with Gasteiger partial charge >= 0.3 is 0 Å². The van der Waals surface area contributed by atoms with Crippen LogP contribution in [0.1, 0.15) is 75.6 Å². The summed E-state index contributed by atoms with van der Waals surface area (Å²) in [6.45, 7) is 1.10. The molecule has 0 spiro atoms. The molecule has 1 aromatic heterocycles. The van der Waals surface area contributed by atoms with Gasteiger partial charge in [-0.15, -0.1) is 10.2 Å². The van der Waals surface area contributed by atoms with Crippen LogP contribution in [0.5, 0.6) is 0 Å². The van der Waals surface area contributed by atoms with Gasteiger partial charge in [-0.1, -0.05) is 31.0 Å². The molecule has 0 unspecified atom stereocenters. The normalized spacial score (nSPS) is 23.6. The Hall–Kier alpha value is -0.550. The van der Waals surface area contributed by atoms with Crippen molar-refractivity contribution < 1.29 is 0 Å². The van der Waals surface area contributed by atoms with E-state index in [-0.39, 0.29) is 0 Å². The second kappa shape index (κ2) is 6.29. The number of hydrogen-bond donors (Lipinski definition) is 1. The highest BCUT2D eigenvalue weighted by atomic mass is 32.2. The van der Waals surface area contributed by atoms with Crippen molar-refractivity contribution in [2.75, 3.05) is 12.3 Å². The summed E-state index contributed by atoms with van der Waals surface area (Å²) in [6.07, 6.45) is 12.3. The lowest BCUT2D eigenvalue weighted by Gasteiger charge is -2.22. The van der Waals surface area contributed by atoms with Crippen LogP contribution in [0.4, 0.5) is 0 Å². The van der Waals surface area contributed by atoms with Crippen molar-refractivity contribution >= 4 is 11.8 Å². The van der Waals surface area contributed by atoms with Gasteiger partial charge in [-0.2, -0.15) is 0 Å². The monoisotopic (exact) mass is 306 g/mol. The third kappa shape index (κ3) is 3.45. The van der Waals surface area contributed by atoms with Gasteiger partial charge in [0.05, 0.1) is 0 Å². The summed E-state index contributed by atoms with van der Waals surface area (Å²) < 4.78 is 2.46. The largest absolute Gasteiger partial charge is 0.313 e. The third-order valence-electron chi connectivity index (χ3n) is 4.92. The van der Waals surface area contributed by atoms with Crippen LogP contribution in [0.15, 0.2) is 5.16 Å². The van der Waals surface area contributed by atoms with Crippen molar-refractivity contribution in [1.82, 2.24) is 20.1 Å². The first-order chi connectivity index (χ1) is 10.4. The lowest BCUT2D eigenvalue weighted by Crippen LogP contribution is -2.32. The SMILES string of the molecule is C1CCC(NCCSc2nnc(C3CC3)n2C2CC2)CC1. The molecule has 0 radical (unpaired) electrons. The van der Waals surface area contributed by atoms with Crippen molar-refractivity contribution in [1.29, 1.82) is 0 Å². The fraction of sp³-hybridized carbons (Fsp3) is 0.875. The summed E-state index contributed by atoms with van der Waals surface area (Å²) in [6, 6.07) is 1.48. The van der Waals surface area contributed by atoms with E-state index in [0.717, 1.165) is 18.3 Å². The molecule has 5 heteroatoms. The van der Waals surface area contributed by atoms with Crippen LogP contribution in [0, 0.1) is 0 Å². The molecule has 3 fully saturated rings. The number of rotatable bonds is 7. The molecule has 0 aromatic carbocycles. The van der Waals surface area contributed by atoms with E-state index in [2.05, 4.69) is 20.1 Å². The Balaban J connectivity index is 1.28. The second-order valence-corrected chi connectivity index (χ2v) is 7.92. The zero-order valence-corrected chi connectivity index (χ0v) is 13.6. The molecule has 4 nitrogen and oxygen atoms in total. The fourth-order valence-corrected chi connectivity index (χ4v) is 4.28. The van der Waals surface area contributed by atoms with Crippen molar-refractivity contribution in [3.8, 4) is 0 Å². The van der Waals surface area contributed by atoms with E-state index in [1.165, 1.54) is 68.8 Å². The maximum absolute atomic E-state index is 4.48. The minimum absolute atomic E-state index is 0.712. The van der Waals surface area contributed by atoms with E-state index >= 15 is 0 Å². The predicted molar refractivity (Wildman–Crippen MR) is 85.9 cm³/mol. The Labute approximate surface area is 131 Å². The average Bonchev–Trinajstić information content (AvgIpc) is 3.43. The predicted octanol–water partition coefficient (Wildman–Crippen LogP) is 3.50. The number of nitrogens with zero attached hydrogens (tertiary/aromatic N) is 3. The maximum Gasteiger partial charge on any atom is 0.191 e. The molecule has 0 aliphatic heterocycles. The number of hydrogen-bond acceptors (Lipinski definition) is 4. The number of nitrogens with one attached hydrogen (secondary N) is 1. The van der Waals surface area contributed by atoms with Crippen LogP contribution in [0.25, 0.3) is 0 Å². The van der Waals surface area contributed by atoms with E-state index < -0.39 is 0 Å². The molecule has 116 valence electrons. The van der Waals surface area contributed by atoms with E-state index in [1.54, 1.807) is 0 Å². The van der Waals surface area contributed by atoms with Gasteiger partial charge in [0.15, 0.2) is 5.16 Å². The fourth-order valence-electron chi connectivity index (χ4n) is 3.39. The second-order valence-electron chi connectivity index (χ2n) is 6.85. The number of thioether (sulfide) groups is 1. The summed E-state index contributed by atoms with van der Waals surface area (Å²) in [4.78, 5) is 0. The minimum Gasteiger partial charge on any atom is -0.313 e. The van der Waals surface area contributed by atoms with Crippen LogP contribution >= 0.6 is 11.8 Å². The van der Waals surface area contributed by atoms with E-state index in [4.69, 9.17) is 0 Å². The zero-order valence-electron chi connectivity index (χ0n) is 12.8. The van der Waals surface area contributed by atoms with E-state index in [1.807, 2.05) is 11.8 Å². The molecular formula is C16H26N4S. The standard InChI is InChI=1S/C16H26N4S/c1-2-4-13(5-3-1)17-10-11-21-16-19-18-15(12-6-7-12)20(16)14-8-9-14/h12-14,17H,1-11H2. The molecule has 3 aliphatic carbocycles. The topological polar surface area (TPSA) is 42.7 Å². The molecule has 0 amide bonds. The molecule has 1 N–H and O–H groups in total. The zero-order chi connectivity index (χ0) is 14.1. The van der Waals surface area contributed by atoms with Gasteiger partial charge in [0.1, 0.15) is 5.82 Å². The highest BCUT2D eigenvalue weighted by molar-refractivity contribution is 7.99. The van der Waals surface area contributed by atoms with E-state index in [9.17, 15) is 0 Å². The maximum atomic E-state index is 4.48. The van der Waals surface area contributed by atoms with Gasteiger partial charge in [0, 0.05) is 30.3 Å². The van der Waals surface area contributed by atoms with Gasteiger partial charge < -0.3 is 9.88 Å². The lowest BCUT2D eigenvalue weighted by molar-refractivity contribution is 0.381. The smallest absolute Gasteiger partial charge is 0.191 e. The van der Waals surface area contributed by atoms with Crippen LogP contribution < -0.4 is 5.32 Å². The van der Waals surface area contributed by atoms with Gasteiger partial charge in [-0.25, -0.2) is 0 Å². The van der Waals surface area contributed by atoms with Gasteiger partial charge in [-0.3, -0.25) is 0 Å². The highest BCUT2D eigenvalue weighted by Crippen LogP contribution is 2.45. The van der Waals surface area contributed by atoms with Crippen LogP contribution in [-0.2, 0) is 0 Å². The third-order valence-corrected chi connectivity index (χ3v) is 5.86. The van der Waals surface area contributed by atoms with Gasteiger partial charge in [0.25, 0.3) is 0 Å². The van der Waals surface area contributed by atoms with Crippen molar-refractivity contribution in [2.45, 2.75) is 80.9 Å². The lowest BCUT2D eigenvalue weighted by atomic mass is 9.96. The molecule has 3 aliphatic rings. The first kappa shape index (κ1) is 14.1. The van der Waals surface area contributed by atoms with Crippen molar-refractivity contribution in [3.05, 3.63) is 5.82 Å². The first-order valence-electron chi connectivity index (χ1n) is 8.73. The van der Waals surface area contributed by atoms with Crippen molar-refractivity contribution in [2.24, 2.45) is 0 Å². The van der Waals surface area contributed by atoms with Gasteiger partial charge in [0.2, 0.25) is 0 Å². The molecule has 21 heavy (non-hydrogen) atoms. The minimum atomic E-state index is 0.712.